The van der Waals surface area contributed by atoms with Gasteiger partial charge in [-0.15, -0.1) is 0 Å². The first kappa shape index (κ1) is 18.7. The molecule has 0 atom stereocenters. The van der Waals surface area contributed by atoms with Crippen molar-refractivity contribution < 1.29 is 9.53 Å². The zero-order valence-corrected chi connectivity index (χ0v) is 15.7. The van der Waals surface area contributed by atoms with Crippen LogP contribution in [-0.2, 0) is 0 Å². The summed E-state index contributed by atoms with van der Waals surface area (Å²) in [6, 6.07) is 14.3. The Kier molecular flexibility index (Phi) is 5.88. The van der Waals surface area contributed by atoms with Crippen molar-refractivity contribution in [3.63, 3.8) is 0 Å². The zero-order valence-electron chi connectivity index (χ0n) is 15.0. The number of carbonyl (C=O) groups excluding carboxylic acids is 1. The van der Waals surface area contributed by atoms with Gasteiger partial charge in [-0.05, 0) is 67.9 Å². The highest BCUT2D eigenvalue weighted by Gasteiger charge is 2.11. The van der Waals surface area contributed by atoms with Gasteiger partial charge in [0, 0.05) is 22.6 Å². The number of benzene rings is 2. The molecule has 2 aromatic carbocycles. The molecule has 138 valence electrons. The van der Waals surface area contributed by atoms with Crippen LogP contribution in [0, 0.1) is 6.92 Å². The van der Waals surface area contributed by atoms with Crippen molar-refractivity contribution in [1.29, 1.82) is 0 Å². The molecule has 6 nitrogen and oxygen atoms in total. The summed E-state index contributed by atoms with van der Waals surface area (Å²) in [5, 5.41) is 6.53. The van der Waals surface area contributed by atoms with E-state index in [2.05, 4.69) is 20.6 Å². The lowest BCUT2D eigenvalue weighted by Crippen LogP contribution is -2.15. The number of hydrogen-bond acceptors (Lipinski definition) is 5. The summed E-state index contributed by atoms with van der Waals surface area (Å²) >= 11 is 5.95. The molecule has 0 spiro atoms. The molecule has 1 heterocycles. The van der Waals surface area contributed by atoms with Crippen molar-refractivity contribution in [3.8, 4) is 5.75 Å². The predicted octanol–water partition coefficient (Wildman–Crippen LogP) is 4.83. The third kappa shape index (κ3) is 4.95. The second-order valence-corrected chi connectivity index (χ2v) is 6.20. The Balaban J connectivity index is 1.71. The largest absolute Gasteiger partial charge is 0.494 e. The van der Waals surface area contributed by atoms with Gasteiger partial charge in [-0.3, -0.25) is 4.79 Å². The Morgan fingerprint density at radius 1 is 1.15 bits per heavy atom. The van der Waals surface area contributed by atoms with Crippen LogP contribution >= 0.6 is 11.6 Å². The number of amides is 1. The first-order valence-electron chi connectivity index (χ1n) is 8.45. The van der Waals surface area contributed by atoms with E-state index in [1.807, 2.05) is 38.1 Å². The highest BCUT2D eigenvalue weighted by atomic mass is 35.5. The van der Waals surface area contributed by atoms with Crippen molar-refractivity contribution in [2.24, 2.45) is 0 Å². The Hall–Kier alpha value is -3.12. The van der Waals surface area contributed by atoms with E-state index in [1.165, 1.54) is 6.20 Å². The molecule has 0 bridgehead atoms. The molecule has 0 saturated carbocycles. The van der Waals surface area contributed by atoms with E-state index >= 15 is 0 Å². The molecule has 0 aliphatic heterocycles. The summed E-state index contributed by atoms with van der Waals surface area (Å²) in [6.07, 6.45) is 1.54. The van der Waals surface area contributed by atoms with E-state index in [-0.39, 0.29) is 11.6 Å². The van der Waals surface area contributed by atoms with Crippen molar-refractivity contribution in [1.82, 2.24) is 9.97 Å². The van der Waals surface area contributed by atoms with E-state index in [1.54, 1.807) is 24.3 Å². The topological polar surface area (TPSA) is 76.1 Å². The molecule has 0 unspecified atom stereocenters. The minimum absolute atomic E-state index is 0.257. The summed E-state index contributed by atoms with van der Waals surface area (Å²) in [5.74, 6) is 0.799. The minimum Gasteiger partial charge on any atom is -0.494 e. The number of rotatable bonds is 6. The van der Waals surface area contributed by atoms with Gasteiger partial charge in [0.25, 0.3) is 5.91 Å². The van der Waals surface area contributed by atoms with Gasteiger partial charge in [-0.25, -0.2) is 9.97 Å². The van der Waals surface area contributed by atoms with E-state index in [9.17, 15) is 4.79 Å². The number of aromatic nitrogens is 2. The molecule has 2 N–H and O–H groups in total. The molecule has 3 aromatic rings. The molecule has 0 fully saturated rings. The van der Waals surface area contributed by atoms with Gasteiger partial charge in [0.1, 0.15) is 11.4 Å². The third-order valence-electron chi connectivity index (χ3n) is 3.75. The summed E-state index contributed by atoms with van der Waals surface area (Å²) in [5.41, 5.74) is 2.61. The average Bonchev–Trinajstić information content (AvgIpc) is 2.66. The number of nitrogens with one attached hydrogen (secondary N) is 2. The van der Waals surface area contributed by atoms with E-state index < -0.39 is 0 Å². The second kappa shape index (κ2) is 8.51. The zero-order chi connectivity index (χ0) is 19.2. The molecule has 0 aliphatic carbocycles. The van der Waals surface area contributed by atoms with Crippen LogP contribution in [0.4, 0.5) is 17.3 Å². The Morgan fingerprint density at radius 3 is 2.63 bits per heavy atom. The van der Waals surface area contributed by atoms with Gasteiger partial charge in [0.15, 0.2) is 0 Å². The fraction of sp³-hybridized carbons (Fsp3) is 0.150. The molecule has 1 amide bonds. The molecule has 3 rings (SSSR count). The Labute approximate surface area is 162 Å². The second-order valence-electron chi connectivity index (χ2n) is 5.76. The maximum atomic E-state index is 12.5. The number of aryl methyl sites for hydroxylation is 1. The summed E-state index contributed by atoms with van der Waals surface area (Å²) in [6.45, 7) is 4.42. The summed E-state index contributed by atoms with van der Waals surface area (Å²) in [7, 11) is 0. The fourth-order valence-electron chi connectivity index (χ4n) is 2.43. The minimum atomic E-state index is -0.322. The number of anilines is 3. The van der Waals surface area contributed by atoms with Crippen molar-refractivity contribution >= 4 is 34.8 Å². The summed E-state index contributed by atoms with van der Waals surface area (Å²) in [4.78, 5) is 20.9. The first-order chi connectivity index (χ1) is 13.0. The number of halogens is 1. The number of carbonyl (C=O) groups is 1. The van der Waals surface area contributed by atoms with Crippen molar-refractivity contribution in [2.75, 3.05) is 17.2 Å². The molecule has 27 heavy (non-hydrogen) atoms. The predicted molar refractivity (Wildman–Crippen MR) is 107 cm³/mol. The summed E-state index contributed by atoms with van der Waals surface area (Å²) < 4.78 is 5.41. The molecule has 0 aliphatic rings. The Bertz CT molecular complexity index is 945. The lowest BCUT2D eigenvalue weighted by molar-refractivity contribution is 0.102. The number of hydrogen-bond donors (Lipinski definition) is 2. The number of ether oxygens (including phenoxy) is 1. The Morgan fingerprint density at radius 2 is 1.93 bits per heavy atom. The fourth-order valence-corrected chi connectivity index (χ4v) is 2.66. The molecular weight excluding hydrogens is 364 g/mol. The van der Waals surface area contributed by atoms with Gasteiger partial charge in [0.05, 0.1) is 6.61 Å². The smallest absolute Gasteiger partial charge is 0.274 e. The average molecular weight is 383 g/mol. The normalized spacial score (nSPS) is 10.3. The van der Waals surface area contributed by atoms with Crippen LogP contribution in [-0.4, -0.2) is 22.5 Å². The van der Waals surface area contributed by atoms with Crippen molar-refractivity contribution in [2.45, 2.75) is 13.8 Å². The van der Waals surface area contributed by atoms with Gasteiger partial charge in [0.2, 0.25) is 5.95 Å². The van der Waals surface area contributed by atoms with Gasteiger partial charge in [-0.2, -0.15) is 0 Å². The highest BCUT2D eigenvalue weighted by molar-refractivity contribution is 6.30. The van der Waals surface area contributed by atoms with Gasteiger partial charge in [-0.1, -0.05) is 11.6 Å². The maximum absolute atomic E-state index is 12.5. The van der Waals surface area contributed by atoms with Crippen LogP contribution in [0.3, 0.4) is 0 Å². The monoisotopic (exact) mass is 382 g/mol. The number of nitrogens with zero attached hydrogens (tertiary/aromatic N) is 2. The van der Waals surface area contributed by atoms with Gasteiger partial charge < -0.3 is 15.4 Å². The lowest BCUT2D eigenvalue weighted by Gasteiger charge is -2.10. The maximum Gasteiger partial charge on any atom is 0.274 e. The highest BCUT2D eigenvalue weighted by Crippen LogP contribution is 2.21. The van der Waals surface area contributed by atoms with Crippen molar-refractivity contribution in [3.05, 3.63) is 71.0 Å². The van der Waals surface area contributed by atoms with Crippen LogP contribution in [0.1, 0.15) is 23.0 Å². The van der Waals surface area contributed by atoms with Crippen LogP contribution in [0.15, 0.2) is 54.7 Å². The van der Waals surface area contributed by atoms with Crippen LogP contribution in [0.5, 0.6) is 5.75 Å². The van der Waals surface area contributed by atoms with Crippen LogP contribution in [0.2, 0.25) is 5.02 Å². The molecule has 0 saturated heterocycles. The SMILES string of the molecule is CCOc1ccc(Nc2nccc(C(=O)Nc3ccc(Cl)cc3C)n2)cc1. The molecule has 1 aromatic heterocycles. The van der Waals surface area contributed by atoms with E-state index in [0.29, 0.717) is 23.3 Å². The standard InChI is InChI=1S/C20H19ClN4O2/c1-3-27-16-7-5-15(6-8-16)23-20-22-11-10-18(25-20)19(26)24-17-9-4-14(21)12-13(17)2/h4-12H,3H2,1-2H3,(H,24,26)(H,22,23,25). The molecule has 7 heteroatoms. The van der Waals surface area contributed by atoms with Crippen LogP contribution in [0.25, 0.3) is 0 Å². The molecule has 0 radical (unpaired) electrons. The molecular formula is C20H19ClN4O2. The van der Waals surface area contributed by atoms with E-state index in [0.717, 1.165) is 17.0 Å². The van der Waals surface area contributed by atoms with E-state index in [4.69, 9.17) is 16.3 Å². The first-order valence-corrected chi connectivity index (χ1v) is 8.83. The lowest BCUT2D eigenvalue weighted by atomic mass is 10.2. The third-order valence-corrected chi connectivity index (χ3v) is 3.98. The van der Waals surface area contributed by atoms with Crippen LogP contribution < -0.4 is 15.4 Å². The quantitative estimate of drug-likeness (QED) is 0.638. The van der Waals surface area contributed by atoms with Gasteiger partial charge >= 0.3 is 0 Å².